The highest BCUT2D eigenvalue weighted by Gasteiger charge is 2.47. The number of hydrogen-bond acceptors (Lipinski definition) is 6. The fourth-order valence-corrected chi connectivity index (χ4v) is 7.14. The number of nitrogens with two attached hydrogens (primary N) is 1. The molecule has 2 fully saturated rings. The normalized spacial score (nSPS) is 23.6. The number of nitrogens with zero attached hydrogens (tertiary/aromatic N) is 2. The summed E-state index contributed by atoms with van der Waals surface area (Å²) in [6.45, 7) is 0.0358. The fraction of sp³-hybridized carbons (Fsp3) is 0.429. The first-order valence-corrected chi connectivity index (χ1v) is 13.9. The Bertz CT molecular complexity index is 1150. The van der Waals surface area contributed by atoms with Crippen LogP contribution >= 0.6 is 34.5 Å². The maximum atomic E-state index is 13.4. The quantitative estimate of drug-likeness (QED) is 0.531. The molecule has 1 atom stereocenters. The predicted octanol–water partition coefficient (Wildman–Crippen LogP) is 3.31. The SMILES string of the molecule is NC1CCC(NC(=O)C2N(C(=O)Nc3ccc(Cl)c(Cl)c3)CCN2S(=O)(=O)c2cccs2)CC1. The maximum Gasteiger partial charge on any atom is 0.323 e. The van der Waals surface area contributed by atoms with Crippen LogP contribution in [-0.4, -0.2) is 60.9 Å². The van der Waals surface area contributed by atoms with Gasteiger partial charge in [0.1, 0.15) is 4.21 Å². The summed E-state index contributed by atoms with van der Waals surface area (Å²) in [5, 5.41) is 7.86. The van der Waals surface area contributed by atoms with Crippen LogP contribution in [0, 0.1) is 0 Å². The Labute approximate surface area is 212 Å². The number of amides is 3. The van der Waals surface area contributed by atoms with E-state index in [4.69, 9.17) is 28.9 Å². The summed E-state index contributed by atoms with van der Waals surface area (Å²) in [6, 6.07) is 7.06. The molecular formula is C21H25Cl2N5O4S2. The summed E-state index contributed by atoms with van der Waals surface area (Å²) in [5.74, 6) is -0.539. The van der Waals surface area contributed by atoms with Crippen LogP contribution in [0.5, 0.6) is 0 Å². The van der Waals surface area contributed by atoms with Crippen LogP contribution in [0.4, 0.5) is 10.5 Å². The number of rotatable bonds is 5. The minimum Gasteiger partial charge on any atom is -0.350 e. The van der Waals surface area contributed by atoms with Gasteiger partial charge in [0.25, 0.3) is 15.9 Å². The van der Waals surface area contributed by atoms with Crippen LogP contribution in [0.25, 0.3) is 0 Å². The number of benzene rings is 1. The second-order valence-electron chi connectivity index (χ2n) is 8.29. The molecule has 1 aliphatic carbocycles. The Kier molecular flexibility index (Phi) is 7.70. The average molecular weight is 547 g/mol. The van der Waals surface area contributed by atoms with E-state index in [9.17, 15) is 18.0 Å². The summed E-state index contributed by atoms with van der Waals surface area (Å²) in [6.07, 6.45) is 1.62. The standard InChI is InChI=1S/C21H25Cl2N5O4S2/c22-16-8-7-15(12-17(16)23)26-21(30)27-9-10-28(34(31,32)18-2-1-11-33-18)20(27)19(29)25-14-5-3-13(24)4-6-14/h1-2,7-8,11-14,20H,3-6,9-10,24H2,(H,25,29)(H,26,30). The zero-order valence-corrected chi connectivity index (χ0v) is 21.3. The third-order valence-corrected chi connectivity index (χ3v) is 9.94. The first kappa shape index (κ1) is 25.2. The van der Waals surface area contributed by atoms with E-state index in [2.05, 4.69) is 10.6 Å². The molecule has 1 saturated carbocycles. The van der Waals surface area contributed by atoms with Gasteiger partial charge in [-0.25, -0.2) is 13.2 Å². The molecule has 13 heteroatoms. The lowest BCUT2D eigenvalue weighted by atomic mass is 9.92. The van der Waals surface area contributed by atoms with Gasteiger partial charge in [0, 0.05) is 30.9 Å². The molecule has 4 rings (SSSR count). The number of carbonyl (C=O) groups is 2. The average Bonchev–Trinajstić information content (AvgIpc) is 3.49. The van der Waals surface area contributed by atoms with Crippen LogP contribution in [0.15, 0.2) is 39.9 Å². The Balaban J connectivity index is 1.58. The van der Waals surface area contributed by atoms with Crippen LogP contribution in [0.2, 0.25) is 10.0 Å². The lowest BCUT2D eigenvalue weighted by Crippen LogP contribution is -2.56. The third kappa shape index (κ3) is 5.34. The highest BCUT2D eigenvalue weighted by Crippen LogP contribution is 2.29. The Morgan fingerprint density at radius 1 is 1.06 bits per heavy atom. The van der Waals surface area contributed by atoms with Gasteiger partial charge >= 0.3 is 6.03 Å². The number of sulfonamides is 1. The van der Waals surface area contributed by atoms with Crippen molar-refractivity contribution in [3.63, 3.8) is 0 Å². The van der Waals surface area contributed by atoms with E-state index in [1.807, 2.05) is 0 Å². The number of thiophene rings is 1. The van der Waals surface area contributed by atoms with Gasteiger partial charge < -0.3 is 16.4 Å². The molecule has 1 aliphatic heterocycles. The topological polar surface area (TPSA) is 125 Å². The van der Waals surface area contributed by atoms with Crippen molar-refractivity contribution in [1.82, 2.24) is 14.5 Å². The maximum absolute atomic E-state index is 13.4. The molecule has 1 saturated heterocycles. The van der Waals surface area contributed by atoms with Gasteiger partial charge in [-0.2, -0.15) is 4.31 Å². The number of carbonyl (C=O) groups excluding carboxylic acids is 2. The van der Waals surface area contributed by atoms with E-state index < -0.39 is 28.1 Å². The molecule has 2 aliphatic rings. The van der Waals surface area contributed by atoms with Crippen molar-refractivity contribution in [1.29, 1.82) is 0 Å². The molecule has 2 heterocycles. The van der Waals surface area contributed by atoms with E-state index in [1.165, 1.54) is 23.1 Å². The van der Waals surface area contributed by atoms with Gasteiger partial charge in [-0.05, 0) is 55.3 Å². The van der Waals surface area contributed by atoms with Gasteiger partial charge in [0.2, 0.25) is 0 Å². The van der Waals surface area contributed by atoms with Crippen molar-refractivity contribution in [2.45, 2.75) is 48.1 Å². The highest BCUT2D eigenvalue weighted by atomic mass is 35.5. The monoisotopic (exact) mass is 545 g/mol. The van der Waals surface area contributed by atoms with Gasteiger partial charge in [-0.3, -0.25) is 9.69 Å². The molecule has 1 aromatic heterocycles. The van der Waals surface area contributed by atoms with Crippen LogP contribution in [0.1, 0.15) is 25.7 Å². The first-order valence-electron chi connectivity index (χ1n) is 10.8. The molecule has 3 amide bonds. The summed E-state index contributed by atoms with van der Waals surface area (Å²) in [7, 11) is -3.98. The number of anilines is 1. The van der Waals surface area contributed by atoms with E-state index >= 15 is 0 Å². The van der Waals surface area contributed by atoms with Gasteiger partial charge in [0.05, 0.1) is 10.0 Å². The van der Waals surface area contributed by atoms with Crippen molar-refractivity contribution >= 4 is 62.2 Å². The minimum absolute atomic E-state index is 0.0113. The van der Waals surface area contributed by atoms with E-state index in [1.54, 1.807) is 17.5 Å². The summed E-state index contributed by atoms with van der Waals surface area (Å²) in [5.41, 5.74) is 6.33. The first-order chi connectivity index (χ1) is 16.2. The molecule has 0 bridgehead atoms. The van der Waals surface area contributed by atoms with E-state index in [-0.39, 0.29) is 34.4 Å². The van der Waals surface area contributed by atoms with Crippen molar-refractivity contribution < 1.29 is 18.0 Å². The zero-order valence-electron chi connectivity index (χ0n) is 18.1. The minimum atomic E-state index is -3.98. The van der Waals surface area contributed by atoms with Gasteiger partial charge in [-0.15, -0.1) is 11.3 Å². The third-order valence-electron chi connectivity index (χ3n) is 5.97. The van der Waals surface area contributed by atoms with Crippen molar-refractivity contribution in [2.75, 3.05) is 18.4 Å². The van der Waals surface area contributed by atoms with E-state index in [0.717, 1.165) is 28.5 Å². The fourth-order valence-electron chi connectivity index (χ4n) is 4.18. The van der Waals surface area contributed by atoms with Crippen molar-refractivity contribution in [3.8, 4) is 0 Å². The number of nitrogens with one attached hydrogen (secondary N) is 2. The molecule has 34 heavy (non-hydrogen) atoms. The Morgan fingerprint density at radius 3 is 2.44 bits per heavy atom. The van der Waals surface area contributed by atoms with Gasteiger partial charge in [0.15, 0.2) is 6.17 Å². The Hall–Kier alpha value is -1.89. The molecule has 0 radical (unpaired) electrons. The lowest BCUT2D eigenvalue weighted by molar-refractivity contribution is -0.128. The number of urea groups is 1. The van der Waals surface area contributed by atoms with Crippen LogP contribution in [-0.2, 0) is 14.8 Å². The smallest absolute Gasteiger partial charge is 0.323 e. The molecule has 1 unspecified atom stereocenters. The molecule has 1 aromatic carbocycles. The Morgan fingerprint density at radius 2 is 1.79 bits per heavy atom. The highest BCUT2D eigenvalue weighted by molar-refractivity contribution is 7.91. The van der Waals surface area contributed by atoms with Gasteiger partial charge in [-0.1, -0.05) is 29.3 Å². The summed E-state index contributed by atoms with van der Waals surface area (Å²) >= 11 is 13.0. The van der Waals surface area contributed by atoms with Crippen molar-refractivity contribution in [2.24, 2.45) is 5.73 Å². The molecule has 0 spiro atoms. The second kappa shape index (κ2) is 10.4. The second-order valence-corrected chi connectivity index (χ2v) is 12.2. The predicted molar refractivity (Wildman–Crippen MR) is 133 cm³/mol. The molecular weight excluding hydrogens is 521 g/mol. The number of hydrogen-bond donors (Lipinski definition) is 3. The largest absolute Gasteiger partial charge is 0.350 e. The van der Waals surface area contributed by atoms with Crippen molar-refractivity contribution in [3.05, 3.63) is 45.8 Å². The molecule has 184 valence electrons. The van der Waals surface area contributed by atoms with Crippen LogP contribution < -0.4 is 16.4 Å². The zero-order chi connectivity index (χ0) is 24.5. The molecule has 9 nitrogen and oxygen atoms in total. The lowest BCUT2D eigenvalue weighted by Gasteiger charge is -2.32. The molecule has 2 aromatic rings. The summed E-state index contributed by atoms with van der Waals surface area (Å²) < 4.78 is 27.8. The van der Waals surface area contributed by atoms with E-state index in [0.29, 0.717) is 23.6 Å². The molecule has 4 N–H and O–H groups in total. The van der Waals surface area contributed by atoms with Crippen LogP contribution in [0.3, 0.4) is 0 Å². The summed E-state index contributed by atoms with van der Waals surface area (Å²) in [4.78, 5) is 27.7. The number of halogens is 2.